The molecule has 10 heavy (non-hydrogen) atoms. The SMILES string of the molecule is C1=CCNC2NNNC2=C1. The van der Waals surface area contributed by atoms with Crippen LogP contribution in [0.25, 0.3) is 0 Å². The van der Waals surface area contributed by atoms with Crippen LogP contribution in [0.1, 0.15) is 0 Å². The minimum atomic E-state index is 0.231. The topological polar surface area (TPSA) is 48.1 Å². The van der Waals surface area contributed by atoms with Gasteiger partial charge in [0.2, 0.25) is 0 Å². The highest BCUT2D eigenvalue weighted by molar-refractivity contribution is 5.20. The molecule has 4 N–H and O–H groups in total. The average molecular weight is 138 g/mol. The van der Waals surface area contributed by atoms with E-state index in [1.54, 1.807) is 0 Å². The summed E-state index contributed by atoms with van der Waals surface area (Å²) in [6.07, 6.45) is 6.38. The van der Waals surface area contributed by atoms with Crippen LogP contribution in [0.3, 0.4) is 0 Å². The van der Waals surface area contributed by atoms with E-state index in [1.807, 2.05) is 12.2 Å². The summed E-state index contributed by atoms with van der Waals surface area (Å²) >= 11 is 0. The van der Waals surface area contributed by atoms with Gasteiger partial charge in [0.1, 0.15) is 6.17 Å². The maximum atomic E-state index is 3.25. The summed E-state index contributed by atoms with van der Waals surface area (Å²) < 4.78 is 0. The van der Waals surface area contributed by atoms with Gasteiger partial charge >= 0.3 is 0 Å². The van der Waals surface area contributed by atoms with E-state index in [1.165, 1.54) is 0 Å². The Morgan fingerprint density at radius 2 is 2.50 bits per heavy atom. The van der Waals surface area contributed by atoms with Crippen molar-refractivity contribution >= 4 is 0 Å². The molecule has 1 unspecified atom stereocenters. The lowest BCUT2D eigenvalue weighted by molar-refractivity contribution is 0.495. The predicted octanol–water partition coefficient (Wildman–Crippen LogP) is -1.03. The van der Waals surface area contributed by atoms with E-state index in [-0.39, 0.29) is 6.17 Å². The van der Waals surface area contributed by atoms with E-state index < -0.39 is 0 Å². The molecule has 0 aromatic heterocycles. The van der Waals surface area contributed by atoms with Gasteiger partial charge in [-0.3, -0.25) is 5.32 Å². The van der Waals surface area contributed by atoms with E-state index in [4.69, 9.17) is 0 Å². The molecule has 2 aliphatic rings. The third-order valence-corrected chi connectivity index (χ3v) is 1.59. The molecule has 0 amide bonds. The normalized spacial score (nSPS) is 30.4. The average Bonchev–Trinajstić information content (AvgIpc) is 2.28. The first-order chi connectivity index (χ1) is 4.97. The van der Waals surface area contributed by atoms with Crippen LogP contribution in [-0.4, -0.2) is 12.7 Å². The number of nitrogens with one attached hydrogen (secondary N) is 4. The molecule has 0 aromatic carbocycles. The highest BCUT2D eigenvalue weighted by Gasteiger charge is 2.18. The molecule has 2 rings (SSSR count). The summed E-state index contributed by atoms with van der Waals surface area (Å²) in [4.78, 5) is 0. The number of hydrogen-bond acceptors (Lipinski definition) is 4. The second kappa shape index (κ2) is 2.42. The van der Waals surface area contributed by atoms with Crippen molar-refractivity contribution in [2.24, 2.45) is 0 Å². The Labute approximate surface area is 59.3 Å². The lowest BCUT2D eigenvalue weighted by Gasteiger charge is -2.07. The molecule has 2 heterocycles. The van der Waals surface area contributed by atoms with Crippen LogP contribution in [0.4, 0.5) is 0 Å². The van der Waals surface area contributed by atoms with Gasteiger partial charge in [-0.15, -0.1) is 0 Å². The second-order valence-corrected chi connectivity index (χ2v) is 2.29. The molecule has 1 fully saturated rings. The Morgan fingerprint density at radius 3 is 3.50 bits per heavy atom. The standard InChI is InChI=1S/C6H10N4/c1-2-4-7-6-5(3-1)8-10-9-6/h1-3,6-10H,4H2. The predicted molar refractivity (Wildman–Crippen MR) is 38.4 cm³/mol. The molecule has 1 saturated heterocycles. The molecule has 0 saturated carbocycles. The fraction of sp³-hybridized carbons (Fsp3) is 0.333. The Hall–Kier alpha value is -0.840. The van der Waals surface area contributed by atoms with Crippen molar-refractivity contribution in [3.05, 3.63) is 23.9 Å². The molecule has 0 bridgehead atoms. The number of hydrogen-bond donors (Lipinski definition) is 4. The van der Waals surface area contributed by atoms with Gasteiger partial charge in [0.15, 0.2) is 0 Å². The van der Waals surface area contributed by atoms with Crippen molar-refractivity contribution < 1.29 is 0 Å². The first-order valence-electron chi connectivity index (χ1n) is 3.33. The van der Waals surface area contributed by atoms with Gasteiger partial charge < -0.3 is 5.43 Å². The first-order valence-corrected chi connectivity index (χ1v) is 3.33. The van der Waals surface area contributed by atoms with Crippen molar-refractivity contribution in [2.75, 3.05) is 6.54 Å². The molecule has 1 atom stereocenters. The molecular formula is C6H10N4. The quantitative estimate of drug-likeness (QED) is 0.345. The van der Waals surface area contributed by atoms with Gasteiger partial charge in [0.05, 0.1) is 5.70 Å². The van der Waals surface area contributed by atoms with Gasteiger partial charge in [-0.2, -0.15) is 5.53 Å². The van der Waals surface area contributed by atoms with Crippen LogP contribution >= 0.6 is 0 Å². The van der Waals surface area contributed by atoms with Crippen LogP contribution in [0.2, 0.25) is 0 Å². The molecule has 0 spiro atoms. The van der Waals surface area contributed by atoms with E-state index in [0.29, 0.717) is 0 Å². The van der Waals surface area contributed by atoms with Crippen LogP contribution in [0.15, 0.2) is 23.9 Å². The van der Waals surface area contributed by atoms with Crippen molar-refractivity contribution in [1.29, 1.82) is 0 Å². The van der Waals surface area contributed by atoms with Gasteiger partial charge in [-0.25, -0.2) is 5.43 Å². The Bertz CT molecular complexity index is 184. The molecule has 4 nitrogen and oxygen atoms in total. The zero-order chi connectivity index (χ0) is 6.81. The summed E-state index contributed by atoms with van der Waals surface area (Å²) in [5.41, 5.74) is 9.96. The van der Waals surface area contributed by atoms with E-state index in [9.17, 15) is 0 Å². The molecular weight excluding hydrogens is 128 g/mol. The monoisotopic (exact) mass is 138 g/mol. The van der Waals surface area contributed by atoms with Crippen molar-refractivity contribution in [3.8, 4) is 0 Å². The molecule has 0 aromatic rings. The van der Waals surface area contributed by atoms with Crippen LogP contribution in [0.5, 0.6) is 0 Å². The van der Waals surface area contributed by atoms with E-state index >= 15 is 0 Å². The number of rotatable bonds is 0. The second-order valence-electron chi connectivity index (χ2n) is 2.29. The van der Waals surface area contributed by atoms with Gasteiger partial charge in [-0.05, 0) is 6.08 Å². The maximum Gasteiger partial charge on any atom is 0.114 e. The van der Waals surface area contributed by atoms with Crippen LogP contribution < -0.4 is 21.7 Å². The zero-order valence-electron chi connectivity index (χ0n) is 5.52. The molecule has 0 radical (unpaired) electrons. The van der Waals surface area contributed by atoms with Gasteiger partial charge in [0.25, 0.3) is 0 Å². The summed E-state index contributed by atoms with van der Waals surface area (Å²) in [7, 11) is 0. The fourth-order valence-electron chi connectivity index (χ4n) is 1.05. The largest absolute Gasteiger partial charge is 0.309 e. The summed E-state index contributed by atoms with van der Waals surface area (Å²) in [6, 6.07) is 0. The van der Waals surface area contributed by atoms with Crippen LogP contribution in [-0.2, 0) is 0 Å². The van der Waals surface area contributed by atoms with Crippen LogP contribution in [0, 0.1) is 0 Å². The number of fused-ring (bicyclic) bond motifs is 1. The first kappa shape index (κ1) is 5.91. The number of allylic oxidation sites excluding steroid dienone is 2. The third kappa shape index (κ3) is 0.923. The zero-order valence-corrected chi connectivity index (χ0v) is 5.52. The minimum absolute atomic E-state index is 0.231. The Morgan fingerprint density at radius 1 is 1.50 bits per heavy atom. The van der Waals surface area contributed by atoms with E-state index in [2.05, 4.69) is 27.8 Å². The molecule has 0 aliphatic carbocycles. The van der Waals surface area contributed by atoms with Gasteiger partial charge in [-0.1, -0.05) is 12.2 Å². The summed E-state index contributed by atoms with van der Waals surface area (Å²) in [5.74, 6) is 0. The third-order valence-electron chi connectivity index (χ3n) is 1.59. The minimum Gasteiger partial charge on any atom is -0.309 e. The molecule has 4 heteroatoms. The lowest BCUT2D eigenvalue weighted by Crippen LogP contribution is -2.41. The van der Waals surface area contributed by atoms with Crippen molar-refractivity contribution in [1.82, 2.24) is 21.7 Å². The summed E-state index contributed by atoms with van der Waals surface area (Å²) in [5, 5.41) is 3.25. The fourth-order valence-corrected chi connectivity index (χ4v) is 1.05. The summed E-state index contributed by atoms with van der Waals surface area (Å²) in [6.45, 7) is 0.904. The highest BCUT2D eigenvalue weighted by atomic mass is 15.7. The van der Waals surface area contributed by atoms with Crippen molar-refractivity contribution in [2.45, 2.75) is 6.17 Å². The van der Waals surface area contributed by atoms with E-state index in [0.717, 1.165) is 12.2 Å². The molecule has 2 aliphatic heterocycles. The smallest absolute Gasteiger partial charge is 0.114 e. The lowest BCUT2D eigenvalue weighted by atomic mass is 10.3. The molecule has 54 valence electrons. The Balaban J connectivity index is 2.18. The maximum absolute atomic E-state index is 3.25. The van der Waals surface area contributed by atoms with Crippen molar-refractivity contribution in [3.63, 3.8) is 0 Å². The highest BCUT2D eigenvalue weighted by Crippen LogP contribution is 2.00. The Kier molecular flexibility index (Phi) is 1.43. The number of hydrazine groups is 2. The van der Waals surface area contributed by atoms with Gasteiger partial charge in [0, 0.05) is 6.54 Å².